The second-order valence-electron chi connectivity index (χ2n) is 4.24. The molecule has 0 fully saturated rings. The van der Waals surface area contributed by atoms with Crippen molar-refractivity contribution in [3.8, 4) is 0 Å². The van der Waals surface area contributed by atoms with Crippen molar-refractivity contribution in [1.82, 2.24) is 0 Å². The molecule has 0 heterocycles. The first kappa shape index (κ1) is 12.8. The summed E-state index contributed by atoms with van der Waals surface area (Å²) in [5, 5.41) is 8.66. The number of rotatable bonds is 6. The van der Waals surface area contributed by atoms with Crippen molar-refractivity contribution in [2.75, 3.05) is 18.1 Å². The van der Waals surface area contributed by atoms with Crippen LogP contribution in [0.5, 0.6) is 0 Å². The van der Waals surface area contributed by atoms with Crippen molar-refractivity contribution in [3.05, 3.63) is 23.3 Å². The van der Waals surface area contributed by atoms with E-state index in [9.17, 15) is 0 Å². The summed E-state index contributed by atoms with van der Waals surface area (Å²) in [5.74, 6) is 0. The van der Waals surface area contributed by atoms with E-state index in [2.05, 4.69) is 6.07 Å². The normalized spacial score (nSPS) is 10.6. The fraction of sp³-hybridized carbons (Fsp3) is 0.538. The molecule has 0 unspecified atom stereocenters. The van der Waals surface area contributed by atoms with Crippen molar-refractivity contribution in [2.24, 2.45) is 0 Å². The molecule has 16 heavy (non-hydrogen) atoms. The first-order chi connectivity index (χ1) is 7.66. The molecule has 0 aliphatic carbocycles. The van der Waals surface area contributed by atoms with E-state index < -0.39 is 0 Å². The Labute approximate surface area is 97.5 Å². The van der Waals surface area contributed by atoms with Crippen LogP contribution in [0.2, 0.25) is 0 Å². The molecule has 0 saturated heterocycles. The van der Waals surface area contributed by atoms with Crippen molar-refractivity contribution >= 4 is 11.4 Å². The van der Waals surface area contributed by atoms with Gasteiger partial charge in [0.1, 0.15) is 0 Å². The zero-order chi connectivity index (χ0) is 12.0. The number of nitrogens with two attached hydrogens (primary N) is 2. The third-order valence-corrected chi connectivity index (χ3v) is 3.01. The Balaban J connectivity index is 2.45. The highest BCUT2D eigenvalue weighted by Gasteiger charge is 2.04. The van der Waals surface area contributed by atoms with Gasteiger partial charge in [-0.05, 0) is 43.4 Å². The largest absolute Gasteiger partial charge is 0.397 e. The van der Waals surface area contributed by atoms with Crippen LogP contribution in [0.15, 0.2) is 12.1 Å². The molecule has 0 bridgehead atoms. The first-order valence-electron chi connectivity index (χ1n) is 5.91. The summed E-state index contributed by atoms with van der Waals surface area (Å²) in [6.07, 6.45) is 5.35. The summed E-state index contributed by atoms with van der Waals surface area (Å²) in [6, 6.07) is 3.94. The third kappa shape index (κ3) is 3.42. The Morgan fingerprint density at radius 2 is 1.75 bits per heavy atom. The van der Waals surface area contributed by atoms with Gasteiger partial charge in [-0.3, -0.25) is 0 Å². The molecule has 0 radical (unpaired) electrons. The van der Waals surface area contributed by atoms with E-state index >= 15 is 0 Å². The second kappa shape index (κ2) is 6.38. The van der Waals surface area contributed by atoms with E-state index in [1.54, 1.807) is 0 Å². The molecule has 0 aliphatic rings. The zero-order valence-corrected chi connectivity index (χ0v) is 10.00. The summed E-state index contributed by atoms with van der Waals surface area (Å²) in [6.45, 7) is 2.32. The molecule has 90 valence electrons. The monoisotopic (exact) mass is 222 g/mol. The minimum absolute atomic E-state index is 0.299. The average Bonchev–Trinajstić information content (AvgIpc) is 2.28. The van der Waals surface area contributed by atoms with Crippen molar-refractivity contribution in [3.63, 3.8) is 0 Å². The summed E-state index contributed by atoms with van der Waals surface area (Å²) in [4.78, 5) is 0. The highest BCUT2D eigenvalue weighted by molar-refractivity contribution is 5.68. The van der Waals surface area contributed by atoms with Gasteiger partial charge < -0.3 is 16.6 Å². The lowest BCUT2D eigenvalue weighted by molar-refractivity contribution is 0.282. The Bertz CT molecular complexity index is 337. The Morgan fingerprint density at radius 3 is 2.44 bits per heavy atom. The Hall–Kier alpha value is -1.22. The lowest BCUT2D eigenvalue weighted by atomic mass is 9.99. The fourth-order valence-electron chi connectivity index (χ4n) is 1.85. The summed E-state index contributed by atoms with van der Waals surface area (Å²) in [7, 11) is 0. The first-order valence-corrected chi connectivity index (χ1v) is 5.91. The van der Waals surface area contributed by atoms with Crippen LogP contribution in [0, 0.1) is 6.92 Å². The molecule has 0 aliphatic heterocycles. The van der Waals surface area contributed by atoms with E-state index in [0.717, 1.165) is 37.7 Å². The lowest BCUT2D eigenvalue weighted by Crippen LogP contribution is -2.01. The van der Waals surface area contributed by atoms with Crippen LogP contribution >= 0.6 is 0 Å². The minimum atomic E-state index is 0.299. The predicted octanol–water partition coefficient (Wildman–Crippen LogP) is 2.25. The van der Waals surface area contributed by atoms with E-state index in [4.69, 9.17) is 16.6 Å². The molecular formula is C13H22N2O. The molecule has 3 heteroatoms. The Kier molecular flexibility index (Phi) is 5.12. The standard InChI is InChI=1S/C13H22N2O/c1-10-11(6-4-2-3-5-9-16)7-8-12(14)13(10)15/h7-8,16H,2-6,9,14-15H2,1H3. The number of benzene rings is 1. The molecule has 1 aromatic carbocycles. The molecule has 0 spiro atoms. The van der Waals surface area contributed by atoms with E-state index in [1.807, 2.05) is 13.0 Å². The van der Waals surface area contributed by atoms with Crippen molar-refractivity contribution < 1.29 is 5.11 Å². The molecule has 0 saturated carbocycles. The maximum absolute atomic E-state index is 8.66. The molecule has 1 aromatic rings. The molecule has 0 amide bonds. The number of aliphatic hydroxyl groups is 1. The zero-order valence-electron chi connectivity index (χ0n) is 10.00. The number of nitrogen functional groups attached to an aromatic ring is 2. The summed E-state index contributed by atoms with van der Waals surface area (Å²) >= 11 is 0. The van der Waals surface area contributed by atoms with Crippen LogP contribution in [0.25, 0.3) is 0 Å². The predicted molar refractivity (Wildman–Crippen MR) is 69.3 cm³/mol. The summed E-state index contributed by atoms with van der Waals surface area (Å²) in [5.41, 5.74) is 15.4. The maximum Gasteiger partial charge on any atom is 0.0580 e. The quantitative estimate of drug-likeness (QED) is 0.510. The molecule has 0 aromatic heterocycles. The average molecular weight is 222 g/mol. The molecule has 3 nitrogen and oxygen atoms in total. The SMILES string of the molecule is Cc1c(CCCCCCO)ccc(N)c1N. The van der Waals surface area contributed by atoms with Gasteiger partial charge in [-0.25, -0.2) is 0 Å². The number of aliphatic hydroxyl groups excluding tert-OH is 1. The fourth-order valence-corrected chi connectivity index (χ4v) is 1.85. The molecule has 1 rings (SSSR count). The van der Waals surface area contributed by atoms with Gasteiger partial charge in [0.15, 0.2) is 0 Å². The number of aryl methyl sites for hydroxylation is 1. The third-order valence-electron chi connectivity index (χ3n) is 3.01. The van der Waals surface area contributed by atoms with Gasteiger partial charge in [-0.15, -0.1) is 0 Å². The minimum Gasteiger partial charge on any atom is -0.397 e. The topological polar surface area (TPSA) is 72.3 Å². The van der Waals surface area contributed by atoms with Crippen LogP contribution in [0.3, 0.4) is 0 Å². The van der Waals surface area contributed by atoms with Gasteiger partial charge in [0, 0.05) is 6.61 Å². The van der Waals surface area contributed by atoms with E-state index in [-0.39, 0.29) is 0 Å². The van der Waals surface area contributed by atoms with Crippen LogP contribution in [-0.2, 0) is 6.42 Å². The van der Waals surface area contributed by atoms with Gasteiger partial charge in [-0.2, -0.15) is 0 Å². The van der Waals surface area contributed by atoms with Crippen LogP contribution in [0.4, 0.5) is 11.4 Å². The maximum atomic E-state index is 8.66. The second-order valence-corrected chi connectivity index (χ2v) is 4.24. The van der Waals surface area contributed by atoms with Crippen LogP contribution in [-0.4, -0.2) is 11.7 Å². The van der Waals surface area contributed by atoms with Gasteiger partial charge in [0.25, 0.3) is 0 Å². The van der Waals surface area contributed by atoms with Gasteiger partial charge in [0.05, 0.1) is 11.4 Å². The van der Waals surface area contributed by atoms with Crippen molar-refractivity contribution in [1.29, 1.82) is 0 Å². The van der Waals surface area contributed by atoms with Gasteiger partial charge in [0.2, 0.25) is 0 Å². The van der Waals surface area contributed by atoms with E-state index in [1.165, 1.54) is 5.56 Å². The number of anilines is 2. The highest BCUT2D eigenvalue weighted by atomic mass is 16.2. The highest BCUT2D eigenvalue weighted by Crippen LogP contribution is 2.24. The summed E-state index contributed by atoms with van der Waals surface area (Å²) < 4.78 is 0. The number of unbranched alkanes of at least 4 members (excludes halogenated alkanes) is 3. The molecular weight excluding hydrogens is 200 g/mol. The number of hydrogen-bond acceptors (Lipinski definition) is 3. The molecule has 5 N–H and O–H groups in total. The van der Waals surface area contributed by atoms with Gasteiger partial charge >= 0.3 is 0 Å². The van der Waals surface area contributed by atoms with Crippen molar-refractivity contribution in [2.45, 2.75) is 39.0 Å². The van der Waals surface area contributed by atoms with Crippen LogP contribution in [0.1, 0.15) is 36.8 Å². The smallest absolute Gasteiger partial charge is 0.0580 e. The Morgan fingerprint density at radius 1 is 1.06 bits per heavy atom. The van der Waals surface area contributed by atoms with Gasteiger partial charge in [-0.1, -0.05) is 18.9 Å². The van der Waals surface area contributed by atoms with E-state index in [0.29, 0.717) is 18.0 Å². The lowest BCUT2D eigenvalue weighted by Gasteiger charge is -2.10. The number of hydrogen-bond donors (Lipinski definition) is 3. The molecule has 0 atom stereocenters. The van der Waals surface area contributed by atoms with Crippen LogP contribution < -0.4 is 11.5 Å².